The Hall–Kier alpha value is -7.51. The second-order valence-electron chi connectivity index (χ2n) is 13.4. The Morgan fingerprint density at radius 3 is 2.02 bits per heavy atom. The van der Waals surface area contributed by atoms with E-state index in [9.17, 15) is 0 Å². The molecule has 0 aliphatic rings. The van der Waals surface area contributed by atoms with Gasteiger partial charge in [-0.2, -0.15) is 0 Å². The molecule has 0 saturated heterocycles. The average Bonchev–Trinajstić information content (AvgIpc) is 3.80. The molecule has 7 heteroatoms. The van der Waals surface area contributed by atoms with Crippen molar-refractivity contribution >= 4 is 49.3 Å². The molecule has 0 amide bonds. The minimum absolute atomic E-state index is 0.599. The summed E-state index contributed by atoms with van der Waals surface area (Å²) in [5.41, 5.74) is 10.9. The third kappa shape index (κ3) is 4.65. The molecule has 11 aromatic rings. The van der Waals surface area contributed by atoms with E-state index in [1.807, 2.05) is 42.6 Å². The Kier molecular flexibility index (Phi) is 6.72. The molecule has 252 valence electrons. The van der Waals surface area contributed by atoms with Gasteiger partial charge in [-0.3, -0.25) is 9.38 Å². The van der Waals surface area contributed by atoms with Crippen LogP contribution in [0.3, 0.4) is 0 Å². The average molecular weight is 692 g/mol. The molecule has 0 aliphatic heterocycles. The molecule has 5 heterocycles. The Bertz CT molecular complexity index is 3210. The maximum absolute atomic E-state index is 5.28. The smallest absolute Gasteiger partial charge is 0.166 e. The summed E-state index contributed by atoms with van der Waals surface area (Å²) < 4.78 is 4.54. The van der Waals surface area contributed by atoms with Gasteiger partial charge in [0.2, 0.25) is 0 Å². The predicted octanol–water partition coefficient (Wildman–Crippen LogP) is 11.0. The first-order valence-corrected chi connectivity index (χ1v) is 17.9. The Balaban J connectivity index is 1.18. The lowest BCUT2D eigenvalue weighted by Gasteiger charge is -2.15. The number of para-hydroxylation sites is 3. The van der Waals surface area contributed by atoms with Crippen molar-refractivity contribution in [2.45, 2.75) is 0 Å². The number of benzene rings is 6. The third-order valence-corrected chi connectivity index (χ3v) is 10.3. The number of aromatic nitrogens is 7. The fourth-order valence-electron chi connectivity index (χ4n) is 7.89. The molecule has 0 atom stereocenters. The molecule has 0 saturated carbocycles. The molecule has 5 aromatic heterocycles. The number of imidazole rings is 1. The van der Waals surface area contributed by atoms with Crippen LogP contribution in [0.15, 0.2) is 176 Å². The van der Waals surface area contributed by atoms with E-state index in [-0.39, 0.29) is 0 Å². The summed E-state index contributed by atoms with van der Waals surface area (Å²) in [6, 6.07) is 54.3. The zero-order chi connectivity index (χ0) is 35.6. The second-order valence-corrected chi connectivity index (χ2v) is 13.4. The summed E-state index contributed by atoms with van der Waals surface area (Å²) in [5.74, 6) is 1.85. The van der Waals surface area contributed by atoms with E-state index >= 15 is 0 Å². The summed E-state index contributed by atoms with van der Waals surface area (Å²) in [4.78, 5) is 25.2. The van der Waals surface area contributed by atoms with Crippen molar-refractivity contribution in [2.24, 2.45) is 0 Å². The lowest BCUT2D eigenvalue weighted by molar-refractivity contribution is 1.07. The molecule has 0 aliphatic carbocycles. The van der Waals surface area contributed by atoms with Crippen molar-refractivity contribution in [1.82, 2.24) is 33.9 Å². The van der Waals surface area contributed by atoms with Crippen LogP contribution >= 0.6 is 0 Å². The van der Waals surface area contributed by atoms with Crippen molar-refractivity contribution in [3.8, 4) is 51.0 Å². The van der Waals surface area contributed by atoms with Gasteiger partial charge in [0.1, 0.15) is 5.65 Å². The highest BCUT2D eigenvalue weighted by Crippen LogP contribution is 2.40. The molecule has 11 rings (SSSR count). The predicted molar refractivity (Wildman–Crippen MR) is 217 cm³/mol. The van der Waals surface area contributed by atoms with Gasteiger partial charge in [0.15, 0.2) is 17.5 Å². The number of hydrogen-bond acceptors (Lipinski definition) is 5. The Morgan fingerprint density at radius 1 is 0.444 bits per heavy atom. The van der Waals surface area contributed by atoms with Crippen LogP contribution in [0, 0.1) is 0 Å². The quantitative estimate of drug-likeness (QED) is 0.180. The molecule has 54 heavy (non-hydrogen) atoms. The highest BCUT2D eigenvalue weighted by Gasteiger charge is 2.22. The molecule has 0 spiro atoms. The van der Waals surface area contributed by atoms with Crippen molar-refractivity contribution in [1.29, 1.82) is 0 Å². The highest BCUT2D eigenvalue weighted by molar-refractivity contribution is 6.17. The van der Waals surface area contributed by atoms with Crippen LogP contribution in [-0.2, 0) is 0 Å². The van der Waals surface area contributed by atoms with Crippen LogP contribution in [0.25, 0.3) is 100 Å². The Morgan fingerprint density at radius 2 is 1.13 bits per heavy atom. The van der Waals surface area contributed by atoms with Crippen molar-refractivity contribution in [3.63, 3.8) is 0 Å². The third-order valence-electron chi connectivity index (χ3n) is 10.3. The molecule has 0 unspecified atom stereocenters. The molecule has 0 fully saturated rings. The summed E-state index contributed by atoms with van der Waals surface area (Å²) in [7, 11) is 0. The number of fused-ring (bicyclic) bond motifs is 8. The first-order chi connectivity index (χ1) is 26.8. The van der Waals surface area contributed by atoms with E-state index in [0.29, 0.717) is 17.5 Å². The lowest BCUT2D eigenvalue weighted by atomic mass is 10.0. The first-order valence-electron chi connectivity index (χ1n) is 17.9. The standard InChI is InChI=1S/C47H29N7/c1-2-14-31(15-3-1)44-50-45(35-22-10-16-30-13-4-5-18-33(30)35)52-46(51-44)37-20-7-9-25-40(37)54-39-24-8-6-19-36(39)42-41(54)26-28-53-43-34(32-17-12-27-48-29-32)21-11-23-38(43)49-47(42)53/h1-29H. The van der Waals surface area contributed by atoms with E-state index in [4.69, 9.17) is 19.9 Å². The van der Waals surface area contributed by atoms with Crippen molar-refractivity contribution in [2.75, 3.05) is 0 Å². The number of rotatable bonds is 5. The maximum atomic E-state index is 5.28. The van der Waals surface area contributed by atoms with Gasteiger partial charge >= 0.3 is 0 Å². The Labute approximate surface area is 309 Å². The molecular weight excluding hydrogens is 663 g/mol. The van der Waals surface area contributed by atoms with E-state index in [1.165, 1.54) is 0 Å². The zero-order valence-corrected chi connectivity index (χ0v) is 28.9. The molecular formula is C47H29N7. The SMILES string of the molecule is c1ccc(-c2nc(-c3ccccc3-n3c4ccccc4c4c3ccn3c4nc4cccc(-c5cccnc5)c43)nc(-c3cccc4ccccc34)n2)cc1. The van der Waals surface area contributed by atoms with Gasteiger partial charge in [0.05, 0.1) is 33.1 Å². The van der Waals surface area contributed by atoms with E-state index in [0.717, 1.165) is 82.8 Å². The summed E-state index contributed by atoms with van der Waals surface area (Å²) in [6.07, 6.45) is 5.85. The lowest BCUT2D eigenvalue weighted by Crippen LogP contribution is -2.04. The van der Waals surface area contributed by atoms with Gasteiger partial charge in [-0.15, -0.1) is 0 Å². The summed E-state index contributed by atoms with van der Waals surface area (Å²) in [5, 5.41) is 4.42. The number of nitrogens with zero attached hydrogens (tertiary/aromatic N) is 7. The first kappa shape index (κ1) is 30.1. The monoisotopic (exact) mass is 691 g/mol. The molecule has 0 bridgehead atoms. The van der Waals surface area contributed by atoms with Crippen LogP contribution in [0.1, 0.15) is 0 Å². The van der Waals surface area contributed by atoms with Gasteiger partial charge in [-0.05, 0) is 47.2 Å². The van der Waals surface area contributed by atoms with Crippen LogP contribution in [-0.4, -0.2) is 33.9 Å². The van der Waals surface area contributed by atoms with E-state index in [1.54, 1.807) is 6.20 Å². The summed E-state index contributed by atoms with van der Waals surface area (Å²) >= 11 is 0. The topological polar surface area (TPSA) is 73.8 Å². The molecule has 6 aromatic carbocycles. The van der Waals surface area contributed by atoms with E-state index in [2.05, 4.69) is 141 Å². The largest absolute Gasteiger partial charge is 0.308 e. The highest BCUT2D eigenvalue weighted by atomic mass is 15.1. The minimum atomic E-state index is 0.599. The van der Waals surface area contributed by atoms with Gasteiger partial charge in [-0.25, -0.2) is 19.9 Å². The van der Waals surface area contributed by atoms with Crippen LogP contribution in [0.5, 0.6) is 0 Å². The molecule has 0 N–H and O–H groups in total. The number of hydrogen-bond donors (Lipinski definition) is 0. The van der Waals surface area contributed by atoms with E-state index < -0.39 is 0 Å². The van der Waals surface area contributed by atoms with Crippen molar-refractivity contribution < 1.29 is 0 Å². The van der Waals surface area contributed by atoms with Crippen LogP contribution in [0.2, 0.25) is 0 Å². The van der Waals surface area contributed by atoms with Crippen LogP contribution in [0.4, 0.5) is 0 Å². The fraction of sp³-hybridized carbons (Fsp3) is 0. The van der Waals surface area contributed by atoms with Crippen LogP contribution < -0.4 is 0 Å². The second kappa shape index (κ2) is 12.0. The van der Waals surface area contributed by atoms with Gasteiger partial charge in [-0.1, -0.05) is 121 Å². The van der Waals surface area contributed by atoms with Gasteiger partial charge in [0, 0.05) is 51.8 Å². The summed E-state index contributed by atoms with van der Waals surface area (Å²) in [6.45, 7) is 0. The van der Waals surface area contributed by atoms with Gasteiger partial charge < -0.3 is 4.57 Å². The minimum Gasteiger partial charge on any atom is -0.308 e. The number of pyridine rings is 2. The molecule has 7 nitrogen and oxygen atoms in total. The van der Waals surface area contributed by atoms with Crippen molar-refractivity contribution in [3.05, 3.63) is 176 Å². The molecule has 0 radical (unpaired) electrons. The maximum Gasteiger partial charge on any atom is 0.166 e. The fourth-order valence-corrected chi connectivity index (χ4v) is 7.89. The van der Waals surface area contributed by atoms with Gasteiger partial charge in [0.25, 0.3) is 0 Å². The zero-order valence-electron chi connectivity index (χ0n) is 28.9. The normalized spacial score (nSPS) is 11.7.